The first-order valence-corrected chi connectivity index (χ1v) is 11.2. The monoisotopic (exact) mass is 442 g/mol. The van der Waals surface area contributed by atoms with Crippen molar-refractivity contribution >= 4 is 29.4 Å². The second-order valence-corrected chi connectivity index (χ2v) is 8.55. The molecule has 3 heterocycles. The Labute approximate surface area is 185 Å². The van der Waals surface area contributed by atoms with Gasteiger partial charge < -0.3 is 19.5 Å². The van der Waals surface area contributed by atoms with E-state index in [1.165, 1.54) is 11.8 Å². The molecule has 1 N–H and O–H groups in total. The topological polar surface area (TPSA) is 98.3 Å². The maximum Gasteiger partial charge on any atom is 0.239 e. The number of thioether (sulfide) groups is 1. The number of amides is 1. The van der Waals surface area contributed by atoms with Crippen LogP contribution in [-0.4, -0.2) is 57.4 Å². The van der Waals surface area contributed by atoms with Crippen LogP contribution in [0.15, 0.2) is 40.0 Å². The van der Waals surface area contributed by atoms with Crippen molar-refractivity contribution in [2.45, 2.75) is 37.6 Å². The molecule has 1 unspecified atom stereocenters. The molecule has 0 bridgehead atoms. The van der Waals surface area contributed by atoms with Crippen LogP contribution in [0.25, 0.3) is 5.69 Å². The summed E-state index contributed by atoms with van der Waals surface area (Å²) in [5, 5.41) is 15.9. The van der Waals surface area contributed by atoms with E-state index in [2.05, 4.69) is 44.6 Å². The predicted molar refractivity (Wildman–Crippen MR) is 119 cm³/mol. The van der Waals surface area contributed by atoms with Crippen LogP contribution < -0.4 is 10.2 Å². The number of ether oxygens (including phenoxy) is 1. The average molecular weight is 443 g/mol. The lowest BCUT2D eigenvalue weighted by atomic mass is 10.2. The molecule has 10 heteroatoms. The molecule has 2 aromatic heterocycles. The average Bonchev–Trinajstić information content (AvgIpc) is 3.38. The Bertz CT molecular complexity index is 1040. The summed E-state index contributed by atoms with van der Waals surface area (Å²) in [4.78, 5) is 15.0. The van der Waals surface area contributed by atoms with Crippen LogP contribution in [0.1, 0.15) is 24.7 Å². The highest BCUT2D eigenvalue weighted by atomic mass is 32.2. The number of carbonyl (C=O) groups is 1. The van der Waals surface area contributed by atoms with Crippen molar-refractivity contribution in [1.82, 2.24) is 19.9 Å². The highest BCUT2D eigenvalue weighted by Crippen LogP contribution is 2.31. The minimum Gasteiger partial charge on any atom is -0.378 e. The summed E-state index contributed by atoms with van der Waals surface area (Å²) in [5.74, 6) is 1.67. The minimum atomic E-state index is -0.359. The summed E-state index contributed by atoms with van der Waals surface area (Å²) in [7, 11) is 0. The third-order valence-electron chi connectivity index (χ3n) is 4.96. The fourth-order valence-electron chi connectivity index (χ4n) is 3.38. The molecule has 1 aliphatic heterocycles. The molecule has 0 aliphatic carbocycles. The summed E-state index contributed by atoms with van der Waals surface area (Å²) in [6.45, 7) is 8.61. The van der Waals surface area contributed by atoms with Crippen LogP contribution in [0.5, 0.6) is 0 Å². The van der Waals surface area contributed by atoms with Crippen LogP contribution in [-0.2, 0) is 9.53 Å². The standard InChI is InChI=1S/C21H26N6O3S/c1-4-17(19(28)22-18-13-15(3)30-25-18)31-21-24-23-20(26-8-10-29-11-9-26)27(21)16-7-5-6-14(2)12-16/h5-7,12-13,17H,4,8-11H2,1-3H3,(H,22,25,28). The first kappa shape index (κ1) is 21.4. The molecule has 1 amide bonds. The number of carbonyl (C=O) groups excluding carboxylic acids is 1. The second-order valence-electron chi connectivity index (χ2n) is 7.38. The van der Waals surface area contributed by atoms with Gasteiger partial charge in [0.25, 0.3) is 0 Å². The van der Waals surface area contributed by atoms with E-state index in [1.54, 1.807) is 13.0 Å². The van der Waals surface area contributed by atoms with E-state index in [4.69, 9.17) is 9.26 Å². The zero-order chi connectivity index (χ0) is 21.8. The van der Waals surface area contributed by atoms with E-state index in [0.29, 0.717) is 36.4 Å². The molecular weight excluding hydrogens is 416 g/mol. The molecule has 3 aromatic rings. The fraction of sp³-hybridized carbons (Fsp3) is 0.429. The number of hydrogen-bond donors (Lipinski definition) is 1. The Hall–Kier alpha value is -2.85. The summed E-state index contributed by atoms with van der Waals surface area (Å²) in [6.07, 6.45) is 0.626. The summed E-state index contributed by atoms with van der Waals surface area (Å²) < 4.78 is 12.6. The molecule has 31 heavy (non-hydrogen) atoms. The van der Waals surface area contributed by atoms with Gasteiger partial charge in [-0.2, -0.15) is 0 Å². The number of nitrogens with one attached hydrogen (secondary N) is 1. The van der Waals surface area contributed by atoms with Gasteiger partial charge in [-0.1, -0.05) is 36.0 Å². The summed E-state index contributed by atoms with van der Waals surface area (Å²) in [5.41, 5.74) is 2.11. The van der Waals surface area contributed by atoms with Crippen LogP contribution in [0.2, 0.25) is 0 Å². The SMILES string of the molecule is CCC(Sc1nnc(N2CCOCC2)n1-c1cccc(C)c1)C(=O)Nc1cc(C)on1. The lowest BCUT2D eigenvalue weighted by molar-refractivity contribution is -0.115. The number of morpholine rings is 1. The van der Waals surface area contributed by atoms with Crippen molar-refractivity contribution in [2.75, 3.05) is 36.5 Å². The molecule has 164 valence electrons. The molecule has 1 atom stereocenters. The first-order valence-electron chi connectivity index (χ1n) is 10.3. The van der Waals surface area contributed by atoms with Crippen molar-refractivity contribution in [3.8, 4) is 5.69 Å². The van der Waals surface area contributed by atoms with E-state index in [9.17, 15) is 4.79 Å². The van der Waals surface area contributed by atoms with E-state index in [0.717, 1.165) is 30.3 Å². The minimum absolute atomic E-state index is 0.146. The number of nitrogens with zero attached hydrogens (tertiary/aromatic N) is 5. The van der Waals surface area contributed by atoms with Gasteiger partial charge in [0.2, 0.25) is 11.9 Å². The zero-order valence-electron chi connectivity index (χ0n) is 17.9. The number of aromatic nitrogens is 4. The van der Waals surface area contributed by atoms with Gasteiger partial charge in [0.15, 0.2) is 11.0 Å². The number of benzene rings is 1. The largest absolute Gasteiger partial charge is 0.378 e. The smallest absolute Gasteiger partial charge is 0.239 e. The van der Waals surface area contributed by atoms with E-state index in [-0.39, 0.29) is 11.2 Å². The fourth-order valence-corrected chi connectivity index (χ4v) is 4.35. The van der Waals surface area contributed by atoms with Crippen LogP contribution in [0, 0.1) is 13.8 Å². The van der Waals surface area contributed by atoms with Gasteiger partial charge in [0.05, 0.1) is 24.2 Å². The van der Waals surface area contributed by atoms with Gasteiger partial charge >= 0.3 is 0 Å². The molecule has 1 aliphatic rings. The number of aryl methyl sites for hydroxylation is 2. The van der Waals surface area contributed by atoms with Gasteiger partial charge in [0, 0.05) is 19.2 Å². The van der Waals surface area contributed by atoms with Crippen LogP contribution >= 0.6 is 11.8 Å². The Morgan fingerprint density at radius 1 is 1.23 bits per heavy atom. The molecule has 0 spiro atoms. The highest BCUT2D eigenvalue weighted by Gasteiger charge is 2.26. The molecule has 9 nitrogen and oxygen atoms in total. The molecule has 1 fully saturated rings. The number of rotatable bonds is 7. The predicted octanol–water partition coefficient (Wildman–Crippen LogP) is 3.22. The van der Waals surface area contributed by atoms with Gasteiger partial charge in [-0.25, -0.2) is 0 Å². The normalized spacial score (nSPS) is 15.1. The third-order valence-corrected chi connectivity index (χ3v) is 6.27. The maximum atomic E-state index is 12.9. The van der Waals surface area contributed by atoms with Gasteiger partial charge in [-0.3, -0.25) is 9.36 Å². The molecule has 4 rings (SSSR count). The second kappa shape index (κ2) is 9.52. The van der Waals surface area contributed by atoms with Crippen molar-refractivity contribution in [3.05, 3.63) is 41.7 Å². The molecule has 0 radical (unpaired) electrons. The van der Waals surface area contributed by atoms with Gasteiger partial charge in [-0.15, -0.1) is 10.2 Å². The highest BCUT2D eigenvalue weighted by molar-refractivity contribution is 8.00. The van der Waals surface area contributed by atoms with Gasteiger partial charge in [0.1, 0.15) is 5.76 Å². The van der Waals surface area contributed by atoms with E-state index >= 15 is 0 Å². The van der Waals surface area contributed by atoms with E-state index < -0.39 is 0 Å². The van der Waals surface area contributed by atoms with Crippen molar-refractivity contribution in [2.24, 2.45) is 0 Å². The van der Waals surface area contributed by atoms with Crippen molar-refractivity contribution in [3.63, 3.8) is 0 Å². The zero-order valence-corrected chi connectivity index (χ0v) is 18.7. The first-order chi connectivity index (χ1) is 15.0. The Morgan fingerprint density at radius 3 is 2.71 bits per heavy atom. The number of anilines is 2. The quantitative estimate of drug-likeness (QED) is 0.557. The van der Waals surface area contributed by atoms with Crippen molar-refractivity contribution in [1.29, 1.82) is 0 Å². The summed E-state index contributed by atoms with van der Waals surface area (Å²) in [6, 6.07) is 9.89. The number of hydrogen-bond acceptors (Lipinski definition) is 8. The molecular formula is C21H26N6O3S. The molecule has 1 saturated heterocycles. The Balaban J connectivity index is 1.63. The third kappa shape index (κ3) is 4.91. The van der Waals surface area contributed by atoms with E-state index in [1.807, 2.05) is 23.6 Å². The Morgan fingerprint density at radius 2 is 2.03 bits per heavy atom. The van der Waals surface area contributed by atoms with Crippen LogP contribution in [0.4, 0.5) is 11.8 Å². The summed E-state index contributed by atoms with van der Waals surface area (Å²) >= 11 is 1.40. The maximum absolute atomic E-state index is 12.9. The lowest BCUT2D eigenvalue weighted by Crippen LogP contribution is -2.38. The Kier molecular flexibility index (Phi) is 6.57. The molecule has 1 aromatic carbocycles. The van der Waals surface area contributed by atoms with Gasteiger partial charge in [-0.05, 0) is 38.0 Å². The lowest BCUT2D eigenvalue weighted by Gasteiger charge is -2.28. The molecule has 0 saturated carbocycles. The van der Waals surface area contributed by atoms with Crippen LogP contribution in [0.3, 0.4) is 0 Å². The van der Waals surface area contributed by atoms with Crippen molar-refractivity contribution < 1.29 is 14.1 Å².